The van der Waals surface area contributed by atoms with Crippen molar-refractivity contribution in [3.63, 3.8) is 0 Å². The molecule has 1 aromatic carbocycles. The highest BCUT2D eigenvalue weighted by molar-refractivity contribution is 5.93. The van der Waals surface area contributed by atoms with E-state index in [1.54, 1.807) is 19.5 Å². The predicted molar refractivity (Wildman–Crippen MR) is 94.0 cm³/mol. The third-order valence-corrected chi connectivity index (χ3v) is 3.59. The smallest absolute Gasteiger partial charge is 0.254 e. The molecular formula is C18H24N4O2. The summed E-state index contributed by atoms with van der Waals surface area (Å²) in [6.45, 7) is 4.78. The molecule has 0 saturated heterocycles. The Labute approximate surface area is 142 Å². The minimum Gasteiger partial charge on any atom is -0.385 e. The van der Waals surface area contributed by atoms with Crippen molar-refractivity contribution in [3.8, 4) is 0 Å². The fourth-order valence-corrected chi connectivity index (χ4v) is 2.25. The van der Waals surface area contributed by atoms with Crippen molar-refractivity contribution < 1.29 is 9.53 Å². The summed E-state index contributed by atoms with van der Waals surface area (Å²) in [5.74, 6) is 0.459. The molecule has 0 unspecified atom stereocenters. The minimum atomic E-state index is -0.163. The molecule has 128 valence electrons. The molecule has 0 aliphatic heterocycles. The molecule has 0 saturated carbocycles. The van der Waals surface area contributed by atoms with Gasteiger partial charge in [-0.25, -0.2) is 9.97 Å². The van der Waals surface area contributed by atoms with Gasteiger partial charge in [-0.05, 0) is 18.9 Å². The first-order valence-electron chi connectivity index (χ1n) is 8.12. The molecule has 1 amide bonds. The number of nitrogens with zero attached hydrogens (tertiary/aromatic N) is 3. The molecule has 0 aliphatic rings. The molecule has 0 atom stereocenters. The molecule has 1 heterocycles. The number of rotatable bonds is 9. The molecule has 24 heavy (non-hydrogen) atoms. The lowest BCUT2D eigenvalue weighted by Gasteiger charge is -2.20. The third-order valence-electron chi connectivity index (χ3n) is 3.59. The van der Waals surface area contributed by atoms with Gasteiger partial charge in [0.1, 0.15) is 0 Å². The van der Waals surface area contributed by atoms with Crippen molar-refractivity contribution in [2.75, 3.05) is 31.7 Å². The van der Waals surface area contributed by atoms with Gasteiger partial charge < -0.3 is 15.0 Å². The number of hydrogen-bond acceptors (Lipinski definition) is 5. The standard InChI is InChI=1S/C18H24N4O2/c1-3-22(14-15-8-5-4-6-9-15)18-20-12-16(13-21-18)17(23)19-10-7-11-24-2/h4-6,8-9,12-13H,3,7,10-11,14H2,1-2H3,(H,19,23). The molecule has 0 bridgehead atoms. The Morgan fingerprint density at radius 1 is 1.21 bits per heavy atom. The van der Waals surface area contributed by atoms with Crippen molar-refractivity contribution in [3.05, 3.63) is 53.9 Å². The molecule has 6 nitrogen and oxygen atoms in total. The predicted octanol–water partition coefficient (Wildman–Crippen LogP) is 2.27. The van der Waals surface area contributed by atoms with E-state index >= 15 is 0 Å². The Kier molecular flexibility index (Phi) is 7.17. The fourth-order valence-electron chi connectivity index (χ4n) is 2.25. The number of nitrogens with one attached hydrogen (secondary N) is 1. The molecule has 1 aromatic heterocycles. The average molecular weight is 328 g/mol. The zero-order valence-electron chi connectivity index (χ0n) is 14.2. The van der Waals surface area contributed by atoms with E-state index in [1.807, 2.05) is 18.2 Å². The molecular weight excluding hydrogens is 304 g/mol. The number of hydrogen-bond donors (Lipinski definition) is 1. The Balaban J connectivity index is 1.95. The van der Waals surface area contributed by atoms with Crippen molar-refractivity contribution in [2.45, 2.75) is 19.9 Å². The number of carbonyl (C=O) groups is 1. The Hall–Kier alpha value is -2.47. The van der Waals surface area contributed by atoms with Crippen LogP contribution in [0.15, 0.2) is 42.7 Å². The number of anilines is 1. The van der Waals surface area contributed by atoms with Gasteiger partial charge in [0.05, 0.1) is 5.56 Å². The number of ether oxygens (including phenoxy) is 1. The molecule has 0 fully saturated rings. The monoisotopic (exact) mass is 328 g/mol. The maximum atomic E-state index is 12.0. The average Bonchev–Trinajstić information content (AvgIpc) is 2.64. The summed E-state index contributed by atoms with van der Waals surface area (Å²) in [6, 6.07) is 10.2. The lowest BCUT2D eigenvalue weighted by atomic mass is 10.2. The Bertz CT molecular complexity index is 617. The first-order valence-corrected chi connectivity index (χ1v) is 8.12. The van der Waals surface area contributed by atoms with Crippen LogP contribution in [-0.2, 0) is 11.3 Å². The van der Waals surface area contributed by atoms with Gasteiger partial charge in [-0.3, -0.25) is 4.79 Å². The van der Waals surface area contributed by atoms with Crippen LogP contribution < -0.4 is 10.2 Å². The first-order chi connectivity index (χ1) is 11.7. The highest BCUT2D eigenvalue weighted by Crippen LogP contribution is 2.12. The van der Waals surface area contributed by atoms with Crippen LogP contribution in [0, 0.1) is 0 Å². The van der Waals surface area contributed by atoms with Crippen molar-refractivity contribution >= 4 is 11.9 Å². The molecule has 1 N–H and O–H groups in total. The van der Waals surface area contributed by atoms with Gasteiger partial charge in [-0.2, -0.15) is 0 Å². The third kappa shape index (κ3) is 5.31. The van der Waals surface area contributed by atoms with E-state index < -0.39 is 0 Å². The summed E-state index contributed by atoms with van der Waals surface area (Å²) in [6.07, 6.45) is 3.92. The van der Waals surface area contributed by atoms with Gasteiger partial charge >= 0.3 is 0 Å². The zero-order valence-corrected chi connectivity index (χ0v) is 14.2. The van der Waals surface area contributed by atoms with Crippen LogP contribution in [0.2, 0.25) is 0 Å². The number of methoxy groups -OCH3 is 1. The quantitative estimate of drug-likeness (QED) is 0.715. The number of aromatic nitrogens is 2. The van der Waals surface area contributed by atoms with Gasteiger partial charge in [-0.1, -0.05) is 30.3 Å². The number of carbonyl (C=O) groups excluding carboxylic acids is 1. The van der Waals surface area contributed by atoms with E-state index in [1.165, 1.54) is 5.56 Å². The topological polar surface area (TPSA) is 67.4 Å². The van der Waals surface area contributed by atoms with Gasteiger partial charge in [0, 0.05) is 45.7 Å². The van der Waals surface area contributed by atoms with Crippen molar-refractivity contribution in [2.24, 2.45) is 0 Å². The van der Waals surface area contributed by atoms with Crippen LogP contribution in [0.4, 0.5) is 5.95 Å². The summed E-state index contributed by atoms with van der Waals surface area (Å²) >= 11 is 0. The molecule has 0 radical (unpaired) electrons. The van der Waals surface area contributed by atoms with Crippen LogP contribution in [0.1, 0.15) is 29.3 Å². The van der Waals surface area contributed by atoms with Crippen LogP contribution in [0.5, 0.6) is 0 Å². The fraction of sp³-hybridized carbons (Fsp3) is 0.389. The number of benzene rings is 1. The highest BCUT2D eigenvalue weighted by atomic mass is 16.5. The lowest BCUT2D eigenvalue weighted by molar-refractivity contribution is 0.0948. The van der Waals surface area contributed by atoms with Gasteiger partial charge in [0.2, 0.25) is 5.95 Å². The summed E-state index contributed by atoms with van der Waals surface area (Å²) in [4.78, 5) is 22.8. The van der Waals surface area contributed by atoms with E-state index in [0.29, 0.717) is 24.7 Å². The van der Waals surface area contributed by atoms with Crippen LogP contribution in [0.3, 0.4) is 0 Å². The maximum Gasteiger partial charge on any atom is 0.254 e. The van der Waals surface area contributed by atoms with Crippen molar-refractivity contribution in [1.82, 2.24) is 15.3 Å². The second-order valence-corrected chi connectivity index (χ2v) is 5.37. The van der Waals surface area contributed by atoms with Crippen LogP contribution in [0.25, 0.3) is 0 Å². The molecule has 2 aromatic rings. The largest absolute Gasteiger partial charge is 0.385 e. The molecule has 0 aliphatic carbocycles. The summed E-state index contributed by atoms with van der Waals surface area (Å²) in [5, 5.41) is 2.82. The second-order valence-electron chi connectivity index (χ2n) is 5.37. The summed E-state index contributed by atoms with van der Waals surface area (Å²) in [5.41, 5.74) is 1.66. The zero-order chi connectivity index (χ0) is 17.2. The maximum absolute atomic E-state index is 12.0. The molecule has 6 heteroatoms. The summed E-state index contributed by atoms with van der Waals surface area (Å²) in [7, 11) is 1.64. The van der Waals surface area contributed by atoms with E-state index in [-0.39, 0.29) is 5.91 Å². The van der Waals surface area contributed by atoms with E-state index in [0.717, 1.165) is 19.5 Å². The Morgan fingerprint density at radius 3 is 2.54 bits per heavy atom. The van der Waals surface area contributed by atoms with Crippen LogP contribution in [-0.4, -0.2) is 42.7 Å². The SMILES string of the molecule is CCN(Cc1ccccc1)c1ncc(C(=O)NCCCOC)cn1. The Morgan fingerprint density at radius 2 is 1.92 bits per heavy atom. The minimum absolute atomic E-state index is 0.163. The van der Waals surface area contributed by atoms with Gasteiger partial charge in [-0.15, -0.1) is 0 Å². The van der Waals surface area contributed by atoms with Crippen LogP contribution >= 0.6 is 0 Å². The highest BCUT2D eigenvalue weighted by Gasteiger charge is 2.11. The number of amides is 1. The van der Waals surface area contributed by atoms with E-state index in [9.17, 15) is 4.79 Å². The second kappa shape index (κ2) is 9.62. The van der Waals surface area contributed by atoms with Gasteiger partial charge in [0.15, 0.2) is 0 Å². The van der Waals surface area contributed by atoms with Crippen molar-refractivity contribution in [1.29, 1.82) is 0 Å². The lowest BCUT2D eigenvalue weighted by Crippen LogP contribution is -2.27. The molecule has 0 spiro atoms. The van der Waals surface area contributed by atoms with E-state index in [2.05, 4.69) is 39.2 Å². The molecule has 2 rings (SSSR count). The van der Waals surface area contributed by atoms with Gasteiger partial charge in [0.25, 0.3) is 5.91 Å². The van der Waals surface area contributed by atoms with E-state index in [4.69, 9.17) is 4.74 Å². The first kappa shape index (κ1) is 17.9. The normalized spacial score (nSPS) is 10.4. The summed E-state index contributed by atoms with van der Waals surface area (Å²) < 4.78 is 4.95.